The Kier molecular flexibility index (Phi) is 3.48. The van der Waals surface area contributed by atoms with Crippen LogP contribution in [0.5, 0.6) is 11.6 Å². The number of aromatic nitrogens is 1. The fraction of sp³-hybridized carbons (Fsp3) is 0.214. The molecule has 0 unspecified atom stereocenters. The molecule has 88 valence electrons. The van der Waals surface area contributed by atoms with Crippen molar-refractivity contribution in [2.24, 2.45) is 0 Å². The lowest BCUT2D eigenvalue weighted by Crippen LogP contribution is -1.91. The van der Waals surface area contributed by atoms with Gasteiger partial charge in [-0.25, -0.2) is 4.98 Å². The van der Waals surface area contributed by atoms with Crippen molar-refractivity contribution in [3.63, 3.8) is 0 Å². The van der Waals surface area contributed by atoms with E-state index in [1.165, 1.54) is 11.1 Å². The van der Waals surface area contributed by atoms with E-state index in [9.17, 15) is 0 Å². The number of nitrogens with zero attached hydrogens (tertiary/aromatic N) is 1. The minimum absolute atomic E-state index is 0.605. The first-order chi connectivity index (χ1) is 8.08. The monoisotopic (exact) mass is 291 g/mol. The van der Waals surface area contributed by atoms with Gasteiger partial charge in [0.2, 0.25) is 5.88 Å². The van der Waals surface area contributed by atoms with Gasteiger partial charge >= 0.3 is 0 Å². The van der Waals surface area contributed by atoms with Gasteiger partial charge in [0, 0.05) is 6.20 Å². The van der Waals surface area contributed by atoms with Crippen molar-refractivity contribution >= 4 is 15.9 Å². The van der Waals surface area contributed by atoms with Crippen LogP contribution in [0.25, 0.3) is 0 Å². The summed E-state index contributed by atoms with van der Waals surface area (Å²) in [6, 6.07) is 7.97. The van der Waals surface area contributed by atoms with Crippen molar-refractivity contribution in [3.8, 4) is 11.6 Å². The zero-order valence-corrected chi connectivity index (χ0v) is 11.7. The third-order valence-corrected chi connectivity index (χ3v) is 3.71. The Labute approximate surface area is 110 Å². The zero-order chi connectivity index (χ0) is 12.4. The highest BCUT2D eigenvalue weighted by Crippen LogP contribution is 2.30. The molecule has 0 amide bonds. The summed E-state index contributed by atoms with van der Waals surface area (Å²) >= 11 is 3.48. The number of pyridine rings is 1. The molecule has 1 aromatic carbocycles. The predicted molar refractivity (Wildman–Crippen MR) is 72.7 cm³/mol. The summed E-state index contributed by atoms with van der Waals surface area (Å²) in [5.41, 5.74) is 3.58. The summed E-state index contributed by atoms with van der Waals surface area (Å²) in [7, 11) is 0. The fourth-order valence-corrected chi connectivity index (χ4v) is 1.79. The molecule has 2 rings (SSSR count). The van der Waals surface area contributed by atoms with Crippen LogP contribution in [-0.2, 0) is 0 Å². The molecule has 0 atom stereocenters. The fourth-order valence-electron chi connectivity index (χ4n) is 1.48. The van der Waals surface area contributed by atoms with Gasteiger partial charge < -0.3 is 4.74 Å². The van der Waals surface area contributed by atoms with Gasteiger partial charge in [-0.2, -0.15) is 0 Å². The van der Waals surface area contributed by atoms with Crippen LogP contribution in [0.2, 0.25) is 0 Å². The van der Waals surface area contributed by atoms with Gasteiger partial charge in [0.1, 0.15) is 5.75 Å². The molecule has 0 aliphatic heterocycles. The average Bonchev–Trinajstić information content (AvgIpc) is 2.30. The van der Waals surface area contributed by atoms with Crippen LogP contribution in [0, 0.1) is 20.8 Å². The van der Waals surface area contributed by atoms with E-state index in [0.717, 1.165) is 15.8 Å². The topological polar surface area (TPSA) is 22.1 Å². The molecular formula is C14H14BrNO. The minimum atomic E-state index is 0.605. The van der Waals surface area contributed by atoms with Crippen molar-refractivity contribution in [2.75, 3.05) is 0 Å². The van der Waals surface area contributed by atoms with E-state index >= 15 is 0 Å². The number of aryl methyl sites for hydroxylation is 3. The Morgan fingerprint density at radius 3 is 2.47 bits per heavy atom. The van der Waals surface area contributed by atoms with Crippen molar-refractivity contribution in [1.29, 1.82) is 0 Å². The first-order valence-electron chi connectivity index (χ1n) is 5.44. The molecule has 0 aliphatic carbocycles. The van der Waals surface area contributed by atoms with Crippen molar-refractivity contribution < 1.29 is 4.74 Å². The first-order valence-corrected chi connectivity index (χ1v) is 6.23. The SMILES string of the molecule is Cc1ccc(Oc2nccc(C)c2Br)cc1C. The number of hydrogen-bond donors (Lipinski definition) is 0. The maximum absolute atomic E-state index is 5.77. The normalized spacial score (nSPS) is 10.4. The summed E-state index contributed by atoms with van der Waals surface area (Å²) < 4.78 is 6.67. The Morgan fingerprint density at radius 2 is 1.76 bits per heavy atom. The van der Waals surface area contributed by atoms with Gasteiger partial charge in [0.05, 0.1) is 4.47 Å². The molecule has 3 heteroatoms. The summed E-state index contributed by atoms with van der Waals surface area (Å²) in [4.78, 5) is 4.22. The molecule has 0 radical (unpaired) electrons. The Balaban J connectivity index is 2.31. The van der Waals surface area contributed by atoms with E-state index in [0.29, 0.717) is 5.88 Å². The minimum Gasteiger partial charge on any atom is -0.438 e. The molecule has 17 heavy (non-hydrogen) atoms. The smallest absolute Gasteiger partial charge is 0.233 e. The van der Waals surface area contributed by atoms with E-state index in [-0.39, 0.29) is 0 Å². The summed E-state index contributed by atoms with van der Waals surface area (Å²) in [5.74, 6) is 1.42. The molecule has 2 aromatic rings. The van der Waals surface area contributed by atoms with Crippen molar-refractivity contribution in [1.82, 2.24) is 4.98 Å². The average molecular weight is 292 g/mol. The molecule has 0 saturated heterocycles. The lowest BCUT2D eigenvalue weighted by atomic mass is 10.1. The van der Waals surface area contributed by atoms with Crippen molar-refractivity contribution in [2.45, 2.75) is 20.8 Å². The van der Waals surface area contributed by atoms with Crippen LogP contribution in [-0.4, -0.2) is 4.98 Å². The molecule has 0 N–H and O–H groups in total. The highest BCUT2D eigenvalue weighted by atomic mass is 79.9. The largest absolute Gasteiger partial charge is 0.438 e. The van der Waals surface area contributed by atoms with E-state index in [2.05, 4.69) is 34.8 Å². The second-order valence-electron chi connectivity index (χ2n) is 4.10. The third-order valence-electron chi connectivity index (χ3n) is 2.74. The summed E-state index contributed by atoms with van der Waals surface area (Å²) in [5, 5.41) is 0. The molecule has 0 spiro atoms. The molecule has 0 fully saturated rings. The van der Waals surface area contributed by atoms with Crippen LogP contribution in [0.1, 0.15) is 16.7 Å². The number of rotatable bonds is 2. The molecular weight excluding hydrogens is 278 g/mol. The second kappa shape index (κ2) is 4.88. The van der Waals surface area contributed by atoms with Gasteiger partial charge in [-0.15, -0.1) is 0 Å². The van der Waals surface area contributed by atoms with Gasteiger partial charge in [0.15, 0.2) is 0 Å². The van der Waals surface area contributed by atoms with Gasteiger partial charge in [-0.3, -0.25) is 0 Å². The van der Waals surface area contributed by atoms with E-state index < -0.39 is 0 Å². The molecule has 1 heterocycles. The van der Waals surface area contributed by atoms with E-state index in [4.69, 9.17) is 4.74 Å². The second-order valence-corrected chi connectivity index (χ2v) is 4.89. The highest BCUT2D eigenvalue weighted by molar-refractivity contribution is 9.10. The third kappa shape index (κ3) is 2.67. The molecule has 0 bridgehead atoms. The standard InChI is InChI=1S/C14H14BrNO/c1-9-4-5-12(8-11(9)3)17-14-13(15)10(2)6-7-16-14/h4-8H,1-3H3. The van der Waals surface area contributed by atoms with Crippen LogP contribution < -0.4 is 4.74 Å². The Morgan fingerprint density at radius 1 is 1.00 bits per heavy atom. The number of ether oxygens (including phenoxy) is 1. The molecule has 1 aromatic heterocycles. The molecule has 2 nitrogen and oxygen atoms in total. The predicted octanol–water partition coefficient (Wildman–Crippen LogP) is 4.56. The van der Waals surface area contributed by atoms with Crippen LogP contribution in [0.15, 0.2) is 34.9 Å². The maximum atomic E-state index is 5.77. The maximum Gasteiger partial charge on any atom is 0.233 e. The Bertz CT molecular complexity index is 552. The Hall–Kier alpha value is -1.35. The zero-order valence-electron chi connectivity index (χ0n) is 10.1. The van der Waals surface area contributed by atoms with Crippen LogP contribution >= 0.6 is 15.9 Å². The lowest BCUT2D eigenvalue weighted by Gasteiger charge is -2.09. The molecule has 0 aliphatic rings. The van der Waals surface area contributed by atoms with Crippen molar-refractivity contribution in [3.05, 3.63) is 51.6 Å². The quantitative estimate of drug-likeness (QED) is 0.809. The number of halogens is 1. The van der Waals surface area contributed by atoms with E-state index in [1.54, 1.807) is 6.20 Å². The van der Waals surface area contributed by atoms with Gasteiger partial charge in [-0.1, -0.05) is 6.07 Å². The number of benzene rings is 1. The first kappa shape index (κ1) is 12.1. The summed E-state index contributed by atoms with van der Waals surface area (Å²) in [6.07, 6.45) is 1.75. The van der Waals surface area contributed by atoms with Crippen LogP contribution in [0.3, 0.4) is 0 Å². The van der Waals surface area contributed by atoms with E-state index in [1.807, 2.05) is 31.2 Å². The number of hydrogen-bond acceptors (Lipinski definition) is 2. The lowest BCUT2D eigenvalue weighted by molar-refractivity contribution is 0.458. The van der Waals surface area contributed by atoms with Gasteiger partial charge in [-0.05, 0) is 71.6 Å². The van der Waals surface area contributed by atoms with Crippen LogP contribution in [0.4, 0.5) is 0 Å². The van der Waals surface area contributed by atoms with Gasteiger partial charge in [0.25, 0.3) is 0 Å². The highest BCUT2D eigenvalue weighted by Gasteiger charge is 2.06. The molecule has 0 saturated carbocycles. The summed E-state index contributed by atoms with van der Waals surface area (Å²) in [6.45, 7) is 6.17.